The Morgan fingerprint density at radius 3 is 3.06 bits per heavy atom. The van der Waals surface area contributed by atoms with Crippen molar-refractivity contribution in [3.63, 3.8) is 0 Å². The summed E-state index contributed by atoms with van der Waals surface area (Å²) in [6.45, 7) is 0. The van der Waals surface area contributed by atoms with E-state index in [1.54, 1.807) is 30.4 Å². The van der Waals surface area contributed by atoms with Crippen LogP contribution in [0, 0.1) is 0 Å². The Balaban J connectivity index is 1.76. The zero-order valence-electron chi connectivity index (χ0n) is 10.3. The first-order chi connectivity index (χ1) is 8.79. The monoisotopic (exact) mass is 267 g/mol. The van der Waals surface area contributed by atoms with E-state index in [9.17, 15) is 4.79 Å². The Morgan fingerprint density at radius 2 is 2.44 bits per heavy atom. The van der Waals surface area contributed by atoms with Crippen molar-refractivity contribution >= 4 is 17.7 Å². The number of carbonyl (C=O) groups excluding carboxylic acids is 1. The van der Waals surface area contributed by atoms with E-state index in [0.717, 1.165) is 30.0 Å². The Kier molecular flexibility index (Phi) is 4.95. The lowest BCUT2D eigenvalue weighted by molar-refractivity contribution is -0.143. The zero-order valence-corrected chi connectivity index (χ0v) is 11.2. The number of hydrogen-bond acceptors (Lipinski definition) is 6. The van der Waals surface area contributed by atoms with Crippen LogP contribution in [0.15, 0.2) is 23.6 Å². The van der Waals surface area contributed by atoms with Crippen molar-refractivity contribution in [2.75, 3.05) is 12.9 Å². The van der Waals surface area contributed by atoms with E-state index < -0.39 is 0 Å². The summed E-state index contributed by atoms with van der Waals surface area (Å²) in [6, 6.07) is 0.294. The maximum Gasteiger partial charge on any atom is 0.322 e. The molecular weight excluding hydrogens is 250 g/mol. The van der Waals surface area contributed by atoms with Gasteiger partial charge < -0.3 is 10.1 Å². The summed E-state index contributed by atoms with van der Waals surface area (Å²) in [5, 5.41) is 4.19. The summed E-state index contributed by atoms with van der Waals surface area (Å²) < 4.78 is 4.81. The fourth-order valence-corrected chi connectivity index (χ4v) is 2.42. The quantitative estimate of drug-likeness (QED) is 0.592. The Morgan fingerprint density at radius 1 is 1.61 bits per heavy atom. The van der Waals surface area contributed by atoms with Gasteiger partial charge >= 0.3 is 5.97 Å². The molecule has 1 aliphatic rings. The highest BCUT2D eigenvalue weighted by Crippen LogP contribution is 2.21. The summed E-state index contributed by atoms with van der Waals surface area (Å²) in [7, 11) is 1.43. The second-order valence-corrected chi connectivity index (χ2v) is 5.31. The molecule has 2 rings (SSSR count). The minimum Gasteiger partial charge on any atom is -0.468 e. The third kappa shape index (κ3) is 4.27. The van der Waals surface area contributed by atoms with Gasteiger partial charge in [0.15, 0.2) is 0 Å². The third-order valence-electron chi connectivity index (χ3n) is 2.70. The highest BCUT2D eigenvalue weighted by Gasteiger charge is 2.28. The van der Waals surface area contributed by atoms with Crippen molar-refractivity contribution in [2.24, 2.45) is 0 Å². The zero-order chi connectivity index (χ0) is 12.8. The fourth-order valence-electron chi connectivity index (χ4n) is 1.59. The van der Waals surface area contributed by atoms with Crippen LogP contribution in [-0.2, 0) is 9.53 Å². The smallest absolute Gasteiger partial charge is 0.322 e. The first kappa shape index (κ1) is 13.3. The summed E-state index contributed by atoms with van der Waals surface area (Å²) in [4.78, 5) is 19.8. The predicted molar refractivity (Wildman–Crippen MR) is 69.3 cm³/mol. The molecule has 1 heterocycles. The number of esters is 1. The van der Waals surface area contributed by atoms with Crippen LogP contribution in [0.5, 0.6) is 0 Å². The first-order valence-corrected chi connectivity index (χ1v) is 7.01. The number of carbonyl (C=O) groups is 1. The van der Waals surface area contributed by atoms with Crippen molar-refractivity contribution in [2.45, 2.75) is 36.4 Å². The molecule has 1 unspecified atom stereocenters. The van der Waals surface area contributed by atoms with Gasteiger partial charge in [-0.25, -0.2) is 4.98 Å². The molecule has 1 fully saturated rings. The van der Waals surface area contributed by atoms with Gasteiger partial charge in [0.1, 0.15) is 11.1 Å². The maximum atomic E-state index is 11.6. The largest absolute Gasteiger partial charge is 0.468 e. The molecule has 0 amide bonds. The van der Waals surface area contributed by atoms with E-state index in [1.807, 2.05) is 0 Å². The Bertz CT molecular complexity index is 384. The first-order valence-electron chi connectivity index (χ1n) is 6.02. The highest BCUT2D eigenvalue weighted by atomic mass is 32.2. The average molecular weight is 267 g/mol. The number of ether oxygens (including phenoxy) is 1. The summed E-state index contributed by atoms with van der Waals surface area (Å²) in [5.74, 6) is 0.639. The van der Waals surface area contributed by atoms with Crippen LogP contribution in [0.4, 0.5) is 0 Å². The standard InChI is InChI=1S/C12H17N3O2S/c1-17-12(16)10(15-9-2-3-9)4-7-18-11-8-13-5-6-14-11/h5-6,8-10,15H,2-4,7H2,1H3. The molecule has 0 aliphatic heterocycles. The maximum absolute atomic E-state index is 11.6. The van der Waals surface area contributed by atoms with Crippen LogP contribution in [0.1, 0.15) is 19.3 Å². The summed E-state index contributed by atoms with van der Waals surface area (Å²) in [6.07, 6.45) is 8.10. The second-order valence-electron chi connectivity index (χ2n) is 4.20. The van der Waals surface area contributed by atoms with Crippen LogP contribution in [0.25, 0.3) is 0 Å². The molecule has 0 aromatic carbocycles. The molecule has 0 bridgehead atoms. The van der Waals surface area contributed by atoms with Crippen molar-refractivity contribution in [3.8, 4) is 0 Å². The predicted octanol–water partition coefficient (Wildman–Crippen LogP) is 1.25. The minimum atomic E-state index is -0.202. The number of thioether (sulfide) groups is 1. The van der Waals surface area contributed by atoms with Crippen LogP contribution < -0.4 is 5.32 Å². The molecule has 1 aliphatic carbocycles. The highest BCUT2D eigenvalue weighted by molar-refractivity contribution is 7.99. The van der Waals surface area contributed by atoms with Gasteiger partial charge in [0.2, 0.25) is 0 Å². The molecule has 0 saturated heterocycles. The van der Waals surface area contributed by atoms with Crippen LogP contribution in [0.2, 0.25) is 0 Å². The third-order valence-corrected chi connectivity index (χ3v) is 3.64. The lowest BCUT2D eigenvalue weighted by Crippen LogP contribution is -2.39. The van der Waals surface area contributed by atoms with E-state index >= 15 is 0 Å². The van der Waals surface area contributed by atoms with Gasteiger partial charge in [-0.2, -0.15) is 0 Å². The molecule has 5 nitrogen and oxygen atoms in total. The van der Waals surface area contributed by atoms with Gasteiger partial charge in [0.25, 0.3) is 0 Å². The molecule has 1 N–H and O–H groups in total. The fraction of sp³-hybridized carbons (Fsp3) is 0.583. The Hall–Kier alpha value is -1.14. The number of hydrogen-bond donors (Lipinski definition) is 1. The summed E-state index contributed by atoms with van der Waals surface area (Å²) >= 11 is 1.60. The van der Waals surface area contributed by atoms with E-state index in [0.29, 0.717) is 6.04 Å². The van der Waals surface area contributed by atoms with E-state index in [1.165, 1.54) is 7.11 Å². The average Bonchev–Trinajstić information content (AvgIpc) is 3.22. The van der Waals surface area contributed by atoms with E-state index in [4.69, 9.17) is 4.74 Å². The van der Waals surface area contributed by atoms with Crippen LogP contribution in [-0.4, -0.2) is 40.9 Å². The molecule has 1 atom stereocenters. The van der Waals surface area contributed by atoms with Crippen molar-refractivity contribution < 1.29 is 9.53 Å². The van der Waals surface area contributed by atoms with Crippen LogP contribution in [0.3, 0.4) is 0 Å². The second kappa shape index (κ2) is 6.70. The van der Waals surface area contributed by atoms with Crippen molar-refractivity contribution in [3.05, 3.63) is 18.6 Å². The molecule has 1 aromatic rings. The van der Waals surface area contributed by atoms with Gasteiger partial charge in [0.05, 0.1) is 13.3 Å². The van der Waals surface area contributed by atoms with Crippen molar-refractivity contribution in [1.29, 1.82) is 0 Å². The van der Waals surface area contributed by atoms with Gasteiger partial charge in [-0.1, -0.05) is 0 Å². The molecule has 6 heteroatoms. The lowest BCUT2D eigenvalue weighted by atomic mass is 10.2. The topological polar surface area (TPSA) is 64.1 Å². The van der Waals surface area contributed by atoms with Crippen LogP contribution >= 0.6 is 11.8 Å². The van der Waals surface area contributed by atoms with Gasteiger partial charge in [0, 0.05) is 24.2 Å². The normalized spacial score (nSPS) is 16.3. The number of aromatic nitrogens is 2. The molecule has 0 radical (unpaired) electrons. The van der Waals surface area contributed by atoms with Gasteiger partial charge in [-0.3, -0.25) is 9.78 Å². The molecule has 98 valence electrons. The Labute approximate surface area is 111 Å². The minimum absolute atomic E-state index is 0.179. The van der Waals surface area contributed by atoms with Gasteiger partial charge in [-0.15, -0.1) is 11.8 Å². The molecule has 18 heavy (non-hydrogen) atoms. The number of nitrogens with zero attached hydrogens (tertiary/aromatic N) is 2. The SMILES string of the molecule is COC(=O)C(CCSc1cnccn1)NC1CC1. The lowest BCUT2D eigenvalue weighted by Gasteiger charge is -2.15. The molecule has 1 saturated carbocycles. The number of methoxy groups -OCH3 is 1. The molecule has 0 spiro atoms. The number of rotatable bonds is 7. The van der Waals surface area contributed by atoms with E-state index in [-0.39, 0.29) is 12.0 Å². The molecular formula is C12H17N3O2S. The number of nitrogens with one attached hydrogen (secondary N) is 1. The van der Waals surface area contributed by atoms with E-state index in [2.05, 4.69) is 15.3 Å². The van der Waals surface area contributed by atoms with Crippen molar-refractivity contribution in [1.82, 2.24) is 15.3 Å². The van der Waals surface area contributed by atoms with Gasteiger partial charge in [-0.05, 0) is 19.3 Å². The summed E-state index contributed by atoms with van der Waals surface area (Å²) in [5.41, 5.74) is 0. The molecule has 1 aromatic heterocycles.